The maximum Gasteiger partial charge on any atom is 0.106 e. The molecule has 3 fully saturated rings. The summed E-state index contributed by atoms with van der Waals surface area (Å²) in [5.74, 6) is -0.149. The van der Waals surface area contributed by atoms with Gasteiger partial charge in [0.15, 0.2) is 0 Å². The maximum absolute atomic E-state index is 11.3. The Hall–Kier alpha value is -1.00. The third kappa shape index (κ3) is 4.15. The van der Waals surface area contributed by atoms with Crippen LogP contribution in [0.15, 0.2) is 16.5 Å². The minimum Gasteiger partial charge on any atom is -0.466 e. The molecule has 1 aromatic heterocycles. The summed E-state index contributed by atoms with van der Waals surface area (Å²) in [6, 6.07) is 3.79. The lowest BCUT2D eigenvalue weighted by Gasteiger charge is -2.56. The molecule has 2 saturated carbocycles. The molecule has 0 bridgehead atoms. The second kappa shape index (κ2) is 9.33. The smallest absolute Gasteiger partial charge is 0.106 e. The lowest BCUT2D eigenvalue weighted by Crippen LogP contribution is -2.65. The van der Waals surface area contributed by atoms with Gasteiger partial charge in [-0.3, -0.25) is 0 Å². The fraction of sp³-hybridized carbons (Fsp3) is 0.833. The van der Waals surface area contributed by atoms with E-state index >= 15 is 0 Å². The van der Waals surface area contributed by atoms with Gasteiger partial charge in [-0.2, -0.15) is 0 Å². The molecule has 1 saturated heterocycles. The Labute approximate surface area is 188 Å². The molecule has 8 nitrogen and oxygen atoms in total. The summed E-state index contributed by atoms with van der Waals surface area (Å²) in [5, 5.41) is 63.6. The highest BCUT2D eigenvalue weighted by Gasteiger charge is 2.57. The molecule has 3 aliphatic rings. The fourth-order valence-corrected chi connectivity index (χ4v) is 6.34. The van der Waals surface area contributed by atoms with Crippen molar-refractivity contribution in [2.24, 2.45) is 29.6 Å². The molecule has 8 heteroatoms. The summed E-state index contributed by atoms with van der Waals surface area (Å²) >= 11 is 0. The molecule has 11 unspecified atom stereocenters. The lowest BCUT2D eigenvalue weighted by molar-refractivity contribution is -0.268. The zero-order chi connectivity index (χ0) is 23.3. The largest absolute Gasteiger partial charge is 0.466 e. The molecule has 32 heavy (non-hydrogen) atoms. The van der Waals surface area contributed by atoms with Crippen LogP contribution in [-0.2, 0) is 17.6 Å². The average molecular weight is 455 g/mol. The number of aryl methyl sites for hydroxylation is 1. The van der Waals surface area contributed by atoms with Gasteiger partial charge in [0.05, 0.1) is 42.7 Å². The van der Waals surface area contributed by atoms with Gasteiger partial charge in [-0.05, 0) is 36.8 Å². The number of hydrogen-bond donors (Lipinski definition) is 6. The topological polar surface area (TPSA) is 144 Å². The van der Waals surface area contributed by atoms with Crippen molar-refractivity contribution in [3.63, 3.8) is 0 Å². The minimum absolute atomic E-state index is 0.213. The molecule has 1 aromatic rings. The van der Waals surface area contributed by atoms with Gasteiger partial charge in [0.2, 0.25) is 0 Å². The predicted octanol–water partition coefficient (Wildman–Crippen LogP) is 0.245. The van der Waals surface area contributed by atoms with Crippen molar-refractivity contribution < 1.29 is 39.8 Å². The van der Waals surface area contributed by atoms with Crippen molar-refractivity contribution in [3.05, 3.63) is 23.7 Å². The highest BCUT2D eigenvalue weighted by Crippen LogP contribution is 2.48. The number of furan rings is 1. The molecule has 0 amide bonds. The molecule has 182 valence electrons. The van der Waals surface area contributed by atoms with Gasteiger partial charge in [0.1, 0.15) is 17.6 Å². The second-order valence-corrected chi connectivity index (χ2v) is 10.3. The number of aliphatic hydroxyl groups is 6. The molecule has 6 N–H and O–H groups in total. The first-order valence-corrected chi connectivity index (χ1v) is 11.9. The zero-order valence-electron chi connectivity index (χ0n) is 19.0. The van der Waals surface area contributed by atoms with Crippen LogP contribution < -0.4 is 0 Å². The lowest BCUT2D eigenvalue weighted by atomic mass is 9.61. The Kier molecular flexibility index (Phi) is 7.04. The van der Waals surface area contributed by atoms with Crippen molar-refractivity contribution in [2.75, 3.05) is 0 Å². The summed E-state index contributed by atoms with van der Waals surface area (Å²) in [6.07, 6.45) is -5.48. The van der Waals surface area contributed by atoms with Gasteiger partial charge in [-0.15, -0.1) is 0 Å². The molecular weight excluding hydrogens is 416 g/mol. The van der Waals surface area contributed by atoms with Crippen molar-refractivity contribution in [1.82, 2.24) is 0 Å². The summed E-state index contributed by atoms with van der Waals surface area (Å²) in [5.41, 5.74) is 0. The van der Waals surface area contributed by atoms with Crippen LogP contribution >= 0.6 is 0 Å². The molecule has 0 aromatic carbocycles. The average Bonchev–Trinajstić information content (AvgIpc) is 3.22. The van der Waals surface area contributed by atoms with Crippen LogP contribution in [-0.4, -0.2) is 79.5 Å². The van der Waals surface area contributed by atoms with E-state index in [1.165, 1.54) is 0 Å². The van der Waals surface area contributed by atoms with Gasteiger partial charge in [0.25, 0.3) is 0 Å². The van der Waals surface area contributed by atoms with Crippen LogP contribution in [0.4, 0.5) is 0 Å². The third-order valence-corrected chi connectivity index (χ3v) is 8.35. The molecule has 11 atom stereocenters. The first kappa shape index (κ1) is 24.1. The third-order valence-electron chi connectivity index (χ3n) is 8.35. The number of ether oxygens (including phenoxy) is 1. The fourth-order valence-electron chi connectivity index (χ4n) is 6.34. The Bertz CT molecular complexity index is 755. The van der Waals surface area contributed by atoms with E-state index in [1.807, 2.05) is 32.9 Å². The highest BCUT2D eigenvalue weighted by molar-refractivity contribution is 5.11. The molecule has 4 rings (SSSR count). The van der Waals surface area contributed by atoms with Gasteiger partial charge in [0, 0.05) is 30.6 Å². The maximum atomic E-state index is 11.3. The Morgan fingerprint density at radius 3 is 2.00 bits per heavy atom. The van der Waals surface area contributed by atoms with E-state index < -0.39 is 54.7 Å². The molecular formula is C24H38O8. The molecule has 2 aliphatic carbocycles. The first-order chi connectivity index (χ1) is 15.1. The van der Waals surface area contributed by atoms with Crippen LogP contribution in [0.1, 0.15) is 45.1 Å². The van der Waals surface area contributed by atoms with E-state index in [9.17, 15) is 30.6 Å². The van der Waals surface area contributed by atoms with E-state index in [1.54, 1.807) is 0 Å². The second-order valence-electron chi connectivity index (χ2n) is 10.3. The van der Waals surface area contributed by atoms with Gasteiger partial charge >= 0.3 is 0 Å². The quantitative estimate of drug-likeness (QED) is 0.380. The van der Waals surface area contributed by atoms with Gasteiger partial charge in [-0.1, -0.05) is 20.8 Å². The van der Waals surface area contributed by atoms with E-state index in [0.717, 1.165) is 17.9 Å². The van der Waals surface area contributed by atoms with Gasteiger partial charge < -0.3 is 39.8 Å². The molecule has 0 radical (unpaired) electrons. The Balaban J connectivity index is 1.53. The first-order valence-electron chi connectivity index (χ1n) is 11.9. The van der Waals surface area contributed by atoms with Crippen LogP contribution in [0.3, 0.4) is 0 Å². The molecule has 2 heterocycles. The minimum atomic E-state index is -1.20. The Morgan fingerprint density at radius 1 is 0.781 bits per heavy atom. The van der Waals surface area contributed by atoms with Crippen molar-refractivity contribution in [2.45, 2.75) is 95.3 Å². The zero-order valence-corrected chi connectivity index (χ0v) is 19.0. The van der Waals surface area contributed by atoms with Crippen molar-refractivity contribution in [1.29, 1.82) is 0 Å². The summed E-state index contributed by atoms with van der Waals surface area (Å²) in [4.78, 5) is 0. The van der Waals surface area contributed by atoms with Crippen LogP contribution in [0.5, 0.6) is 0 Å². The van der Waals surface area contributed by atoms with Crippen LogP contribution in [0.2, 0.25) is 0 Å². The number of rotatable bonds is 4. The predicted molar refractivity (Wildman–Crippen MR) is 115 cm³/mol. The summed E-state index contributed by atoms with van der Waals surface area (Å²) < 4.78 is 12.1. The van der Waals surface area contributed by atoms with Crippen LogP contribution in [0.25, 0.3) is 0 Å². The highest BCUT2D eigenvalue weighted by atomic mass is 16.5. The van der Waals surface area contributed by atoms with Gasteiger partial charge in [-0.25, -0.2) is 0 Å². The van der Waals surface area contributed by atoms with E-state index in [-0.39, 0.29) is 36.5 Å². The Morgan fingerprint density at radius 2 is 1.41 bits per heavy atom. The van der Waals surface area contributed by atoms with E-state index in [2.05, 4.69) is 0 Å². The SMILES string of the molecule is CCc1ccc(CC2C(O)C(C)C3OC(C4CC(O)C(O)C(O)C4)C(O)C(C)C3C2O)o1. The summed E-state index contributed by atoms with van der Waals surface area (Å²) in [6.45, 7) is 5.79. The standard InChI is InChI=1S/C24H38O8/c1-4-13-5-6-14(31-13)9-15-19(27)11(3)23-18(21(15)29)10(2)20(28)24(32-23)12-7-16(25)22(30)17(26)8-12/h5-6,10-12,15-30H,4,7-9H2,1-3H3. The normalized spacial score (nSPS) is 49.6. The van der Waals surface area contributed by atoms with E-state index in [0.29, 0.717) is 6.42 Å². The number of hydrogen-bond acceptors (Lipinski definition) is 8. The van der Waals surface area contributed by atoms with Crippen molar-refractivity contribution in [3.8, 4) is 0 Å². The molecule has 1 aliphatic heterocycles. The van der Waals surface area contributed by atoms with E-state index in [4.69, 9.17) is 9.15 Å². The monoisotopic (exact) mass is 454 g/mol. The number of aliphatic hydroxyl groups excluding tert-OH is 6. The summed E-state index contributed by atoms with van der Waals surface area (Å²) in [7, 11) is 0. The number of fused-ring (bicyclic) bond motifs is 1. The molecule has 0 spiro atoms. The van der Waals surface area contributed by atoms with Crippen LogP contribution in [0, 0.1) is 29.6 Å². The van der Waals surface area contributed by atoms with Crippen molar-refractivity contribution >= 4 is 0 Å².